The van der Waals surface area contributed by atoms with E-state index in [9.17, 15) is 8.42 Å². The van der Waals surface area contributed by atoms with Crippen molar-refractivity contribution in [3.05, 3.63) is 38.3 Å². The van der Waals surface area contributed by atoms with E-state index in [1.54, 1.807) is 6.07 Å². The van der Waals surface area contributed by atoms with Crippen LogP contribution in [0, 0.1) is 17.6 Å². The largest absolute Gasteiger partial charge is 0.277 e. The maximum absolute atomic E-state index is 12.4. The molecule has 20 heavy (non-hydrogen) atoms. The van der Waals surface area contributed by atoms with Crippen LogP contribution in [0.2, 0.25) is 0 Å². The summed E-state index contributed by atoms with van der Waals surface area (Å²) in [5, 5.41) is 0. The van der Waals surface area contributed by atoms with Gasteiger partial charge in [-0.05, 0) is 114 Å². The highest BCUT2D eigenvalue weighted by atomic mass is 127. The minimum atomic E-state index is -3.55. The van der Waals surface area contributed by atoms with Gasteiger partial charge in [-0.15, -0.1) is 11.3 Å². The molecule has 0 unspecified atom stereocenters. The minimum Gasteiger partial charge on any atom is -0.277 e. The Hall–Kier alpha value is 1.34. The molecule has 0 amide bonds. The van der Waals surface area contributed by atoms with E-state index in [1.165, 1.54) is 11.3 Å². The van der Waals surface area contributed by atoms with Gasteiger partial charge in [-0.25, -0.2) is 8.42 Å². The van der Waals surface area contributed by atoms with Crippen molar-refractivity contribution in [3.8, 4) is 0 Å². The zero-order valence-electron chi connectivity index (χ0n) is 9.88. The normalized spacial score (nSPS) is 11.7. The molecule has 1 N–H and O–H groups in total. The maximum Gasteiger partial charge on any atom is 0.271 e. The molecular weight excluding hydrogens is 703 g/mol. The third-order valence-electron chi connectivity index (χ3n) is 2.34. The number of benzene rings is 1. The average molecular weight is 710 g/mol. The fourth-order valence-corrected chi connectivity index (χ4v) is 8.93. The molecule has 2 rings (SSSR count). The van der Waals surface area contributed by atoms with E-state index in [4.69, 9.17) is 0 Å². The first kappa shape index (κ1) is 17.7. The Kier molecular flexibility index (Phi) is 6.05. The number of anilines is 1. The summed E-state index contributed by atoms with van der Waals surface area (Å²) in [5.41, 5.74) is 1.55. The molecule has 0 fully saturated rings. The molecule has 0 saturated heterocycles. The highest BCUT2D eigenvalue weighted by molar-refractivity contribution is 14.1. The molecule has 0 aliphatic rings. The van der Waals surface area contributed by atoms with E-state index in [1.807, 2.05) is 19.1 Å². The van der Waals surface area contributed by atoms with Gasteiger partial charge in [0.1, 0.15) is 4.21 Å². The zero-order valence-corrected chi connectivity index (χ0v) is 19.6. The fraction of sp³-hybridized carbons (Fsp3) is 0.0909. The van der Waals surface area contributed by atoms with Crippen molar-refractivity contribution in [2.24, 2.45) is 0 Å². The van der Waals surface area contributed by atoms with E-state index in [-0.39, 0.29) is 0 Å². The van der Waals surface area contributed by atoms with Gasteiger partial charge in [0.2, 0.25) is 0 Å². The monoisotopic (exact) mass is 709 g/mol. The van der Waals surface area contributed by atoms with Crippen molar-refractivity contribution in [1.29, 1.82) is 0 Å². The molecule has 0 radical (unpaired) electrons. The van der Waals surface area contributed by atoms with Gasteiger partial charge >= 0.3 is 0 Å². The summed E-state index contributed by atoms with van der Waals surface area (Å²) >= 11 is 11.1. The Morgan fingerprint density at radius 2 is 1.70 bits per heavy atom. The predicted octanol–water partition coefficient (Wildman–Crippen LogP) is 5.43. The van der Waals surface area contributed by atoms with Gasteiger partial charge in [-0.1, -0.05) is 0 Å². The highest BCUT2D eigenvalue weighted by Crippen LogP contribution is 2.34. The van der Waals surface area contributed by atoms with Crippen molar-refractivity contribution < 1.29 is 8.42 Å². The van der Waals surface area contributed by atoms with Crippen molar-refractivity contribution in [1.82, 2.24) is 0 Å². The number of nitrogens with one attached hydrogen (secondary N) is 1. The van der Waals surface area contributed by atoms with Gasteiger partial charge in [-0.2, -0.15) is 0 Å². The number of rotatable bonds is 3. The standard InChI is InChI=1S/C11H7BrI3NO2S2/c1-5-2-9(19-11(5)12)20(17,18)16-10-7(14)3-6(13)4-8(10)15/h2-4,16H,1H3. The van der Waals surface area contributed by atoms with Crippen molar-refractivity contribution in [2.75, 3.05) is 4.72 Å². The van der Waals surface area contributed by atoms with Crippen LogP contribution in [0.5, 0.6) is 0 Å². The first-order valence-electron chi connectivity index (χ1n) is 5.14. The molecule has 0 spiro atoms. The first-order valence-corrected chi connectivity index (χ1v) is 11.5. The van der Waals surface area contributed by atoms with Crippen LogP contribution in [0.25, 0.3) is 0 Å². The SMILES string of the molecule is Cc1cc(S(=O)(=O)Nc2c(I)cc(I)cc2I)sc1Br. The Morgan fingerprint density at radius 3 is 2.15 bits per heavy atom. The van der Waals surface area contributed by atoms with E-state index < -0.39 is 10.0 Å². The summed E-state index contributed by atoms with van der Waals surface area (Å²) in [4.78, 5) is 0. The summed E-state index contributed by atoms with van der Waals surface area (Å²) in [6, 6.07) is 5.55. The Bertz CT molecular complexity index is 731. The molecule has 2 aromatic rings. The summed E-state index contributed by atoms with van der Waals surface area (Å²) in [6.45, 7) is 1.87. The third kappa shape index (κ3) is 4.00. The second-order valence-corrected chi connectivity index (χ2v) is 11.7. The van der Waals surface area contributed by atoms with Crippen LogP contribution >= 0.6 is 95.0 Å². The van der Waals surface area contributed by atoms with Gasteiger partial charge in [0.05, 0.1) is 9.47 Å². The Morgan fingerprint density at radius 1 is 1.15 bits per heavy atom. The number of halogens is 4. The molecule has 1 aromatic carbocycles. The quantitative estimate of drug-likeness (QED) is 0.433. The molecule has 3 nitrogen and oxygen atoms in total. The smallest absolute Gasteiger partial charge is 0.271 e. The minimum absolute atomic E-state index is 0.312. The lowest BCUT2D eigenvalue weighted by Gasteiger charge is -2.11. The van der Waals surface area contributed by atoms with Gasteiger partial charge in [0.15, 0.2) is 0 Å². The van der Waals surface area contributed by atoms with Crippen LogP contribution in [-0.4, -0.2) is 8.42 Å². The van der Waals surface area contributed by atoms with Crippen LogP contribution in [0.1, 0.15) is 5.56 Å². The topological polar surface area (TPSA) is 46.2 Å². The number of sulfonamides is 1. The molecule has 0 atom stereocenters. The fourth-order valence-electron chi connectivity index (χ4n) is 1.39. The number of aryl methyl sites for hydroxylation is 1. The first-order chi connectivity index (χ1) is 9.20. The zero-order chi connectivity index (χ0) is 15.1. The molecule has 108 valence electrons. The third-order valence-corrected chi connectivity index (χ3v) is 8.63. The van der Waals surface area contributed by atoms with E-state index >= 15 is 0 Å². The number of thiophene rings is 1. The molecule has 1 aromatic heterocycles. The predicted molar refractivity (Wildman–Crippen MR) is 112 cm³/mol. The van der Waals surface area contributed by atoms with Gasteiger partial charge < -0.3 is 0 Å². The molecule has 0 aliphatic carbocycles. The van der Waals surface area contributed by atoms with Crippen molar-refractivity contribution in [2.45, 2.75) is 11.1 Å². The highest BCUT2D eigenvalue weighted by Gasteiger charge is 2.21. The molecule has 0 aliphatic heterocycles. The molecule has 1 heterocycles. The second kappa shape index (κ2) is 6.84. The number of hydrogen-bond donors (Lipinski definition) is 1. The maximum atomic E-state index is 12.4. The van der Waals surface area contributed by atoms with Crippen LogP contribution in [0.3, 0.4) is 0 Å². The summed E-state index contributed by atoms with van der Waals surface area (Å²) < 4.78 is 31.5. The molecular formula is C11H7BrI3NO2S2. The average Bonchev–Trinajstić information content (AvgIpc) is 2.65. The van der Waals surface area contributed by atoms with Gasteiger partial charge in [0.25, 0.3) is 10.0 Å². The van der Waals surface area contributed by atoms with Crippen molar-refractivity contribution >= 4 is 111 Å². The molecule has 0 bridgehead atoms. The Labute approximate surface area is 170 Å². The number of hydrogen-bond acceptors (Lipinski definition) is 3. The summed E-state index contributed by atoms with van der Waals surface area (Å²) in [7, 11) is -3.55. The molecule has 0 saturated carbocycles. The molecule has 9 heteroatoms. The van der Waals surface area contributed by atoms with E-state index in [0.717, 1.165) is 20.1 Å². The lowest BCUT2D eigenvalue weighted by Crippen LogP contribution is -2.13. The summed E-state index contributed by atoms with van der Waals surface area (Å²) in [5.74, 6) is 0. The second-order valence-electron chi connectivity index (χ2n) is 3.87. The lowest BCUT2D eigenvalue weighted by atomic mass is 10.3. The van der Waals surface area contributed by atoms with Gasteiger partial charge in [-0.3, -0.25) is 4.72 Å². The van der Waals surface area contributed by atoms with Crippen LogP contribution in [0.4, 0.5) is 5.69 Å². The van der Waals surface area contributed by atoms with Crippen LogP contribution < -0.4 is 4.72 Å². The Balaban J connectivity index is 2.43. The van der Waals surface area contributed by atoms with Crippen molar-refractivity contribution in [3.63, 3.8) is 0 Å². The van der Waals surface area contributed by atoms with E-state index in [0.29, 0.717) is 9.90 Å². The van der Waals surface area contributed by atoms with Gasteiger partial charge in [0, 0.05) is 10.7 Å². The lowest BCUT2D eigenvalue weighted by molar-refractivity contribution is 0.603. The summed E-state index contributed by atoms with van der Waals surface area (Å²) in [6.07, 6.45) is 0. The van der Waals surface area contributed by atoms with Crippen LogP contribution in [-0.2, 0) is 10.0 Å². The van der Waals surface area contributed by atoms with E-state index in [2.05, 4.69) is 88.4 Å². The van der Waals surface area contributed by atoms with Crippen LogP contribution in [0.15, 0.2) is 26.2 Å².